The fourth-order valence-electron chi connectivity index (χ4n) is 2.42. The summed E-state index contributed by atoms with van der Waals surface area (Å²) in [5.41, 5.74) is 0. The lowest BCUT2D eigenvalue weighted by Gasteiger charge is -2.32. The standard InChI is InChI=1S/C12H20F3NO2/c1-2-8(7-17)16-11(18)9-5-3-4-6-10(9)12(13,14)15/h8-10,17H,2-7H2,1H3,(H,16,18)/t8-,9?,10?/m0/s1. The number of amides is 1. The molecule has 1 saturated carbocycles. The third-order valence-corrected chi connectivity index (χ3v) is 3.58. The zero-order valence-corrected chi connectivity index (χ0v) is 10.5. The van der Waals surface area contributed by atoms with Gasteiger partial charge in [0.25, 0.3) is 0 Å². The summed E-state index contributed by atoms with van der Waals surface area (Å²) in [7, 11) is 0. The molecule has 18 heavy (non-hydrogen) atoms. The van der Waals surface area contributed by atoms with Crippen molar-refractivity contribution < 1.29 is 23.1 Å². The van der Waals surface area contributed by atoms with E-state index in [9.17, 15) is 18.0 Å². The number of hydrogen-bond donors (Lipinski definition) is 2. The van der Waals surface area contributed by atoms with Gasteiger partial charge >= 0.3 is 6.18 Å². The normalized spacial score (nSPS) is 26.7. The molecule has 3 nitrogen and oxygen atoms in total. The van der Waals surface area contributed by atoms with E-state index in [1.165, 1.54) is 0 Å². The number of hydrogen-bond acceptors (Lipinski definition) is 2. The molecule has 0 aromatic heterocycles. The Hall–Kier alpha value is -0.780. The molecule has 0 saturated heterocycles. The Balaban J connectivity index is 2.68. The number of rotatable bonds is 4. The van der Waals surface area contributed by atoms with Gasteiger partial charge in [0.15, 0.2) is 0 Å². The summed E-state index contributed by atoms with van der Waals surface area (Å²) in [5.74, 6) is -3.11. The van der Waals surface area contributed by atoms with Gasteiger partial charge in [-0.2, -0.15) is 13.2 Å². The molecule has 0 aromatic carbocycles. The fraction of sp³-hybridized carbons (Fsp3) is 0.917. The van der Waals surface area contributed by atoms with Gasteiger partial charge < -0.3 is 10.4 Å². The smallest absolute Gasteiger partial charge is 0.392 e. The molecule has 1 fully saturated rings. The van der Waals surface area contributed by atoms with E-state index < -0.39 is 30.0 Å². The van der Waals surface area contributed by atoms with Gasteiger partial charge in [0.05, 0.1) is 18.6 Å². The van der Waals surface area contributed by atoms with Gasteiger partial charge in [-0.3, -0.25) is 4.79 Å². The van der Waals surface area contributed by atoms with Gasteiger partial charge in [0.2, 0.25) is 5.91 Å². The molecule has 0 heterocycles. The molecule has 1 rings (SSSR count). The minimum Gasteiger partial charge on any atom is -0.394 e. The van der Waals surface area contributed by atoms with Gasteiger partial charge in [0.1, 0.15) is 0 Å². The second kappa shape index (κ2) is 6.41. The first kappa shape index (κ1) is 15.3. The molecule has 0 aliphatic heterocycles. The predicted octanol–water partition coefficient (Wildman–Crippen LogP) is 2.24. The Kier molecular flexibility index (Phi) is 5.44. The van der Waals surface area contributed by atoms with Gasteiger partial charge in [-0.05, 0) is 19.3 Å². The van der Waals surface area contributed by atoms with Crippen LogP contribution in [0.25, 0.3) is 0 Å². The second-order valence-corrected chi connectivity index (χ2v) is 4.84. The predicted molar refractivity (Wildman–Crippen MR) is 60.8 cm³/mol. The van der Waals surface area contributed by atoms with Crippen molar-refractivity contribution in [3.8, 4) is 0 Å². The zero-order valence-electron chi connectivity index (χ0n) is 10.5. The van der Waals surface area contributed by atoms with E-state index in [-0.39, 0.29) is 19.4 Å². The minimum absolute atomic E-state index is 0.0253. The van der Waals surface area contributed by atoms with Crippen LogP contribution in [0.3, 0.4) is 0 Å². The highest BCUT2D eigenvalue weighted by Gasteiger charge is 2.48. The molecule has 0 aromatic rings. The van der Waals surface area contributed by atoms with Crippen LogP contribution in [0.15, 0.2) is 0 Å². The highest BCUT2D eigenvalue weighted by Crippen LogP contribution is 2.41. The summed E-state index contributed by atoms with van der Waals surface area (Å²) in [6.45, 7) is 1.52. The number of halogens is 3. The average molecular weight is 267 g/mol. The Bertz CT molecular complexity index is 277. The average Bonchev–Trinajstić information content (AvgIpc) is 2.34. The number of aliphatic hydroxyl groups is 1. The van der Waals surface area contributed by atoms with E-state index >= 15 is 0 Å². The van der Waals surface area contributed by atoms with Crippen LogP contribution in [0, 0.1) is 11.8 Å². The van der Waals surface area contributed by atoms with Crippen molar-refractivity contribution in [2.75, 3.05) is 6.61 Å². The van der Waals surface area contributed by atoms with Crippen molar-refractivity contribution in [3.63, 3.8) is 0 Å². The summed E-state index contributed by atoms with van der Waals surface area (Å²) in [6.07, 6.45) is -2.34. The van der Waals surface area contributed by atoms with Gasteiger partial charge in [-0.1, -0.05) is 19.8 Å². The Morgan fingerprint density at radius 3 is 2.50 bits per heavy atom. The van der Waals surface area contributed by atoms with Crippen LogP contribution in [-0.2, 0) is 4.79 Å². The van der Waals surface area contributed by atoms with Gasteiger partial charge in [-0.25, -0.2) is 0 Å². The van der Waals surface area contributed by atoms with Crippen LogP contribution in [0.1, 0.15) is 39.0 Å². The highest BCUT2D eigenvalue weighted by molar-refractivity contribution is 5.79. The molecule has 0 radical (unpaired) electrons. The van der Waals surface area contributed by atoms with Crippen LogP contribution in [0.4, 0.5) is 13.2 Å². The van der Waals surface area contributed by atoms with Crippen LogP contribution in [-0.4, -0.2) is 29.8 Å². The molecule has 0 spiro atoms. The van der Waals surface area contributed by atoms with Gasteiger partial charge in [0, 0.05) is 5.92 Å². The Morgan fingerprint density at radius 1 is 1.39 bits per heavy atom. The van der Waals surface area contributed by atoms with Crippen molar-refractivity contribution in [1.29, 1.82) is 0 Å². The molecular weight excluding hydrogens is 247 g/mol. The molecule has 106 valence electrons. The summed E-state index contributed by atoms with van der Waals surface area (Å²) in [5, 5.41) is 11.5. The molecule has 1 aliphatic carbocycles. The number of carbonyl (C=O) groups excluding carboxylic acids is 1. The van der Waals surface area contributed by atoms with E-state index in [2.05, 4.69) is 5.32 Å². The van der Waals surface area contributed by atoms with Crippen molar-refractivity contribution in [2.24, 2.45) is 11.8 Å². The minimum atomic E-state index is -4.32. The lowest BCUT2D eigenvalue weighted by atomic mass is 9.78. The van der Waals surface area contributed by atoms with Crippen LogP contribution in [0.2, 0.25) is 0 Å². The van der Waals surface area contributed by atoms with Gasteiger partial charge in [-0.15, -0.1) is 0 Å². The highest BCUT2D eigenvalue weighted by atomic mass is 19.4. The Morgan fingerprint density at radius 2 is 2.00 bits per heavy atom. The Labute approximate surface area is 105 Å². The van der Waals surface area contributed by atoms with E-state index in [1.54, 1.807) is 6.92 Å². The summed E-state index contributed by atoms with van der Waals surface area (Å²) in [6, 6.07) is -0.451. The van der Waals surface area contributed by atoms with Crippen LogP contribution >= 0.6 is 0 Å². The maximum atomic E-state index is 12.8. The molecule has 1 amide bonds. The lowest BCUT2D eigenvalue weighted by Crippen LogP contribution is -2.46. The number of nitrogens with one attached hydrogen (secondary N) is 1. The fourth-order valence-corrected chi connectivity index (χ4v) is 2.42. The largest absolute Gasteiger partial charge is 0.394 e. The lowest BCUT2D eigenvalue weighted by molar-refractivity contribution is -0.198. The topological polar surface area (TPSA) is 49.3 Å². The van der Waals surface area contributed by atoms with E-state index in [0.717, 1.165) is 0 Å². The molecule has 2 unspecified atom stereocenters. The second-order valence-electron chi connectivity index (χ2n) is 4.84. The molecular formula is C12H20F3NO2. The third kappa shape index (κ3) is 3.86. The molecule has 6 heteroatoms. The van der Waals surface area contributed by atoms with Crippen molar-refractivity contribution >= 4 is 5.91 Å². The molecule has 2 N–H and O–H groups in total. The monoisotopic (exact) mass is 267 g/mol. The SMILES string of the molecule is CC[C@@H](CO)NC(=O)C1CCCCC1C(F)(F)F. The van der Waals surface area contributed by atoms with Crippen LogP contribution < -0.4 is 5.32 Å². The summed E-state index contributed by atoms with van der Waals surface area (Å²) in [4.78, 5) is 11.9. The maximum Gasteiger partial charge on any atom is 0.392 e. The first-order valence-electron chi connectivity index (χ1n) is 6.38. The quantitative estimate of drug-likeness (QED) is 0.820. The molecule has 0 bridgehead atoms. The van der Waals surface area contributed by atoms with E-state index in [4.69, 9.17) is 5.11 Å². The third-order valence-electron chi connectivity index (χ3n) is 3.58. The van der Waals surface area contributed by atoms with Crippen molar-refractivity contribution in [2.45, 2.75) is 51.2 Å². The van der Waals surface area contributed by atoms with Crippen molar-refractivity contribution in [3.05, 3.63) is 0 Å². The van der Waals surface area contributed by atoms with Crippen LogP contribution in [0.5, 0.6) is 0 Å². The van der Waals surface area contributed by atoms with Crippen molar-refractivity contribution in [1.82, 2.24) is 5.32 Å². The zero-order chi connectivity index (χ0) is 13.8. The van der Waals surface area contributed by atoms with E-state index in [0.29, 0.717) is 19.3 Å². The molecule has 3 atom stereocenters. The molecule has 1 aliphatic rings. The van der Waals surface area contributed by atoms with E-state index in [1.807, 2.05) is 0 Å². The number of alkyl halides is 3. The summed E-state index contributed by atoms with van der Waals surface area (Å²) >= 11 is 0. The first-order valence-corrected chi connectivity index (χ1v) is 6.38. The summed E-state index contributed by atoms with van der Waals surface area (Å²) < 4.78 is 38.5. The first-order chi connectivity index (χ1) is 8.40. The maximum absolute atomic E-state index is 12.8. The number of aliphatic hydroxyl groups excluding tert-OH is 1. The number of carbonyl (C=O) groups is 1.